The molecule has 0 aromatic heterocycles. The van der Waals surface area contributed by atoms with Gasteiger partial charge in [-0.3, -0.25) is 4.79 Å². The van der Waals surface area contributed by atoms with Crippen LogP contribution in [0.15, 0.2) is 30.3 Å². The van der Waals surface area contributed by atoms with E-state index in [1.807, 2.05) is 37.3 Å². The second-order valence-corrected chi connectivity index (χ2v) is 4.62. The second-order valence-electron chi connectivity index (χ2n) is 4.62. The molecule has 2 amide bonds. The van der Waals surface area contributed by atoms with Crippen LogP contribution in [0.1, 0.15) is 25.3 Å². The second kappa shape index (κ2) is 4.80. The molecule has 0 aliphatic carbocycles. The standard InChI is InChI=1S/C14H17NO3/c1-3-9-14(11-7-5-4-6-8-11)10-18-13(17)15(2)12(14)16/h4-8H,3,9-10H2,1-2H3. The predicted molar refractivity (Wildman–Crippen MR) is 67.1 cm³/mol. The van der Waals surface area contributed by atoms with Crippen LogP contribution in [0.2, 0.25) is 0 Å². The first-order valence-corrected chi connectivity index (χ1v) is 6.12. The van der Waals surface area contributed by atoms with E-state index in [-0.39, 0.29) is 12.5 Å². The highest BCUT2D eigenvalue weighted by atomic mass is 16.6. The van der Waals surface area contributed by atoms with Gasteiger partial charge in [-0.2, -0.15) is 0 Å². The van der Waals surface area contributed by atoms with E-state index in [9.17, 15) is 9.59 Å². The van der Waals surface area contributed by atoms with Gasteiger partial charge in [0.2, 0.25) is 5.91 Å². The molecule has 0 spiro atoms. The average Bonchev–Trinajstić information content (AvgIpc) is 2.41. The number of hydrogen-bond donors (Lipinski definition) is 0. The third kappa shape index (κ3) is 1.88. The van der Waals surface area contributed by atoms with Gasteiger partial charge < -0.3 is 4.74 Å². The summed E-state index contributed by atoms with van der Waals surface area (Å²) >= 11 is 0. The fourth-order valence-corrected chi connectivity index (χ4v) is 2.46. The van der Waals surface area contributed by atoms with E-state index in [1.165, 1.54) is 7.05 Å². The smallest absolute Gasteiger partial charge is 0.416 e. The van der Waals surface area contributed by atoms with Crippen LogP contribution in [-0.2, 0) is 14.9 Å². The minimum absolute atomic E-state index is 0.132. The number of carbonyl (C=O) groups is 2. The van der Waals surface area contributed by atoms with E-state index in [0.29, 0.717) is 6.42 Å². The molecule has 1 aromatic carbocycles. The van der Waals surface area contributed by atoms with Crippen molar-refractivity contribution in [3.8, 4) is 0 Å². The number of carbonyl (C=O) groups excluding carboxylic acids is 2. The summed E-state index contributed by atoms with van der Waals surface area (Å²) in [5.74, 6) is -0.174. The zero-order valence-corrected chi connectivity index (χ0v) is 10.7. The van der Waals surface area contributed by atoms with E-state index in [1.54, 1.807) is 0 Å². The lowest BCUT2D eigenvalue weighted by Crippen LogP contribution is -2.55. The summed E-state index contributed by atoms with van der Waals surface area (Å²) in [7, 11) is 1.47. The molecule has 18 heavy (non-hydrogen) atoms. The summed E-state index contributed by atoms with van der Waals surface area (Å²) < 4.78 is 5.15. The Morgan fingerprint density at radius 2 is 1.94 bits per heavy atom. The van der Waals surface area contributed by atoms with Crippen LogP contribution in [0.4, 0.5) is 4.79 Å². The Labute approximate surface area is 107 Å². The highest BCUT2D eigenvalue weighted by molar-refractivity contribution is 6.00. The summed E-state index contributed by atoms with van der Waals surface area (Å²) in [6.45, 7) is 2.15. The number of likely N-dealkylation sites (N-methyl/N-ethyl adjacent to an activating group) is 1. The van der Waals surface area contributed by atoms with Crippen molar-refractivity contribution < 1.29 is 14.3 Å². The van der Waals surface area contributed by atoms with E-state index in [2.05, 4.69) is 0 Å². The molecule has 1 fully saturated rings. The third-order valence-electron chi connectivity index (χ3n) is 3.43. The Morgan fingerprint density at radius 3 is 2.56 bits per heavy atom. The summed E-state index contributed by atoms with van der Waals surface area (Å²) in [5.41, 5.74) is 0.190. The van der Waals surface area contributed by atoms with Crippen LogP contribution in [0.5, 0.6) is 0 Å². The Kier molecular flexibility index (Phi) is 3.36. The molecule has 1 heterocycles. The molecule has 96 valence electrons. The number of rotatable bonds is 3. The number of cyclic esters (lactones) is 1. The first-order chi connectivity index (χ1) is 8.62. The fourth-order valence-electron chi connectivity index (χ4n) is 2.46. The molecular formula is C14H17NO3. The highest BCUT2D eigenvalue weighted by Gasteiger charge is 2.47. The van der Waals surface area contributed by atoms with Crippen molar-refractivity contribution >= 4 is 12.0 Å². The summed E-state index contributed by atoms with van der Waals surface area (Å²) in [4.78, 5) is 25.0. The summed E-state index contributed by atoms with van der Waals surface area (Å²) in [6, 6.07) is 9.54. The Bertz CT molecular complexity index is 457. The first kappa shape index (κ1) is 12.6. The number of ether oxygens (including phenoxy) is 1. The SMILES string of the molecule is CCCC1(c2ccccc2)COC(=O)N(C)C1=O. The Balaban J connectivity index is 2.45. The van der Waals surface area contributed by atoms with Gasteiger partial charge in [0.05, 0.1) is 0 Å². The first-order valence-electron chi connectivity index (χ1n) is 6.12. The van der Waals surface area contributed by atoms with Crippen molar-refractivity contribution in [2.24, 2.45) is 0 Å². The van der Waals surface area contributed by atoms with Crippen molar-refractivity contribution in [1.82, 2.24) is 4.90 Å². The lowest BCUT2D eigenvalue weighted by atomic mass is 9.75. The lowest BCUT2D eigenvalue weighted by Gasteiger charge is -2.38. The molecule has 1 saturated heterocycles. The van der Waals surface area contributed by atoms with Gasteiger partial charge in [-0.1, -0.05) is 43.7 Å². The van der Waals surface area contributed by atoms with E-state index < -0.39 is 11.5 Å². The molecule has 2 rings (SSSR count). The van der Waals surface area contributed by atoms with Crippen LogP contribution in [0.3, 0.4) is 0 Å². The predicted octanol–water partition coefficient (Wildman–Crippen LogP) is 2.33. The van der Waals surface area contributed by atoms with Crippen LogP contribution in [0.25, 0.3) is 0 Å². The van der Waals surface area contributed by atoms with Crippen LogP contribution in [-0.4, -0.2) is 30.6 Å². The molecular weight excluding hydrogens is 230 g/mol. The molecule has 1 aliphatic rings. The van der Waals surface area contributed by atoms with Gasteiger partial charge in [0.1, 0.15) is 12.0 Å². The van der Waals surface area contributed by atoms with Gasteiger partial charge in [0.15, 0.2) is 0 Å². The maximum atomic E-state index is 12.5. The summed E-state index contributed by atoms with van der Waals surface area (Å²) in [6.07, 6.45) is 0.960. The molecule has 4 nitrogen and oxygen atoms in total. The Hall–Kier alpha value is -1.84. The van der Waals surface area contributed by atoms with Crippen molar-refractivity contribution in [3.63, 3.8) is 0 Å². The van der Waals surface area contributed by atoms with Crippen molar-refractivity contribution in [2.45, 2.75) is 25.2 Å². The molecule has 1 atom stereocenters. The van der Waals surface area contributed by atoms with Gasteiger partial charge in [0, 0.05) is 7.05 Å². The molecule has 0 bridgehead atoms. The van der Waals surface area contributed by atoms with E-state index >= 15 is 0 Å². The molecule has 0 N–H and O–H groups in total. The monoisotopic (exact) mass is 247 g/mol. The number of amides is 2. The van der Waals surface area contributed by atoms with Crippen LogP contribution < -0.4 is 0 Å². The molecule has 0 saturated carbocycles. The van der Waals surface area contributed by atoms with Crippen molar-refractivity contribution in [2.75, 3.05) is 13.7 Å². The minimum atomic E-state index is -0.724. The fraction of sp³-hybridized carbons (Fsp3) is 0.429. The number of imide groups is 1. The zero-order valence-electron chi connectivity index (χ0n) is 10.7. The van der Waals surface area contributed by atoms with Crippen molar-refractivity contribution in [1.29, 1.82) is 0 Å². The largest absolute Gasteiger partial charge is 0.448 e. The summed E-state index contributed by atoms with van der Waals surface area (Å²) in [5, 5.41) is 0. The zero-order chi connectivity index (χ0) is 13.2. The van der Waals surface area contributed by atoms with Gasteiger partial charge in [-0.15, -0.1) is 0 Å². The van der Waals surface area contributed by atoms with Gasteiger partial charge in [-0.25, -0.2) is 9.69 Å². The van der Waals surface area contributed by atoms with Gasteiger partial charge >= 0.3 is 6.09 Å². The van der Waals surface area contributed by atoms with Crippen LogP contribution >= 0.6 is 0 Å². The van der Waals surface area contributed by atoms with E-state index in [4.69, 9.17) is 4.74 Å². The quantitative estimate of drug-likeness (QED) is 0.823. The molecule has 1 aliphatic heterocycles. The van der Waals surface area contributed by atoms with Crippen molar-refractivity contribution in [3.05, 3.63) is 35.9 Å². The molecule has 4 heteroatoms. The molecule has 1 aromatic rings. The topological polar surface area (TPSA) is 46.6 Å². The normalized spacial score (nSPS) is 24.0. The average molecular weight is 247 g/mol. The minimum Gasteiger partial charge on any atom is -0.448 e. The number of nitrogens with zero attached hydrogens (tertiary/aromatic N) is 1. The molecule has 1 unspecified atom stereocenters. The lowest BCUT2D eigenvalue weighted by molar-refractivity contribution is -0.141. The van der Waals surface area contributed by atoms with Crippen LogP contribution in [0, 0.1) is 0 Å². The maximum absolute atomic E-state index is 12.5. The highest BCUT2D eigenvalue weighted by Crippen LogP contribution is 2.34. The third-order valence-corrected chi connectivity index (χ3v) is 3.43. The number of hydrogen-bond acceptors (Lipinski definition) is 3. The molecule has 0 radical (unpaired) electrons. The van der Waals surface area contributed by atoms with Gasteiger partial charge in [0.25, 0.3) is 0 Å². The Morgan fingerprint density at radius 1 is 1.28 bits per heavy atom. The number of benzene rings is 1. The van der Waals surface area contributed by atoms with Gasteiger partial charge in [-0.05, 0) is 12.0 Å². The van der Waals surface area contributed by atoms with E-state index in [0.717, 1.165) is 16.9 Å². The maximum Gasteiger partial charge on any atom is 0.416 e.